The molecule has 2 aromatic rings. The Labute approximate surface area is 105 Å². The number of rotatable bonds is 4. The third-order valence-corrected chi connectivity index (χ3v) is 2.63. The Balaban J connectivity index is 2.50. The van der Waals surface area contributed by atoms with Crippen molar-refractivity contribution < 1.29 is 9.90 Å². The third kappa shape index (κ3) is 2.31. The predicted molar refractivity (Wildman–Crippen MR) is 69.0 cm³/mol. The van der Waals surface area contributed by atoms with Gasteiger partial charge < -0.3 is 5.11 Å². The number of para-hydroxylation sites is 1. The third-order valence-electron chi connectivity index (χ3n) is 2.63. The molecule has 18 heavy (non-hydrogen) atoms. The summed E-state index contributed by atoms with van der Waals surface area (Å²) in [4.78, 5) is 15.5. The van der Waals surface area contributed by atoms with Crippen LogP contribution in [0.2, 0.25) is 0 Å². The predicted octanol–water partition coefficient (Wildman–Crippen LogP) is 1.58. The minimum absolute atomic E-state index is 0.195. The Bertz CT molecular complexity index is 611. The summed E-state index contributed by atoms with van der Waals surface area (Å²) in [7, 11) is 0. The van der Waals surface area contributed by atoms with E-state index in [2.05, 4.69) is 16.2 Å². The van der Waals surface area contributed by atoms with E-state index < -0.39 is 12.0 Å². The fourth-order valence-corrected chi connectivity index (χ4v) is 1.85. The monoisotopic (exact) mass is 240 g/mol. The number of benzene rings is 1. The summed E-state index contributed by atoms with van der Waals surface area (Å²) in [5.74, 6) is 1.41. The van der Waals surface area contributed by atoms with Crippen molar-refractivity contribution in [2.75, 3.05) is 6.54 Å². The maximum absolute atomic E-state index is 11.3. The Kier molecular flexibility index (Phi) is 3.56. The van der Waals surface area contributed by atoms with Crippen LogP contribution in [0.3, 0.4) is 0 Å². The summed E-state index contributed by atoms with van der Waals surface area (Å²) in [6.45, 7) is 0.195. The quantitative estimate of drug-likeness (QED) is 0.796. The molecule has 1 aromatic heterocycles. The smallest absolute Gasteiger partial charge is 0.325 e. The Morgan fingerprint density at radius 2 is 2.22 bits per heavy atom. The second kappa shape index (κ2) is 5.30. The largest absolute Gasteiger partial charge is 0.480 e. The van der Waals surface area contributed by atoms with Gasteiger partial charge in [-0.15, -0.1) is 6.42 Å². The van der Waals surface area contributed by atoms with E-state index in [1.165, 1.54) is 0 Å². The summed E-state index contributed by atoms with van der Waals surface area (Å²) < 4.78 is 0. The number of hydrogen-bond acceptors (Lipinski definition) is 3. The molecule has 0 aliphatic heterocycles. The normalized spacial score (nSPS) is 11.9. The molecule has 0 fully saturated rings. The number of fused-ring (bicyclic) bond motifs is 1. The van der Waals surface area contributed by atoms with E-state index in [1.807, 2.05) is 24.3 Å². The number of carboxylic acids is 1. The van der Waals surface area contributed by atoms with Crippen LogP contribution in [0.15, 0.2) is 36.5 Å². The fourth-order valence-electron chi connectivity index (χ4n) is 1.85. The average Bonchev–Trinajstić information content (AvgIpc) is 2.39. The molecular weight excluding hydrogens is 228 g/mol. The SMILES string of the molecule is C#CCNC(C(=O)O)c1cccc2cccnc12. The number of pyridine rings is 1. The van der Waals surface area contributed by atoms with Gasteiger partial charge in [-0.2, -0.15) is 0 Å². The zero-order valence-corrected chi connectivity index (χ0v) is 9.63. The van der Waals surface area contributed by atoms with Gasteiger partial charge in [0.1, 0.15) is 6.04 Å². The van der Waals surface area contributed by atoms with Gasteiger partial charge in [0.25, 0.3) is 0 Å². The van der Waals surface area contributed by atoms with Crippen molar-refractivity contribution in [1.82, 2.24) is 10.3 Å². The number of aliphatic carboxylic acids is 1. The number of nitrogens with zero attached hydrogens (tertiary/aromatic N) is 1. The van der Waals surface area contributed by atoms with E-state index in [1.54, 1.807) is 12.3 Å². The van der Waals surface area contributed by atoms with Crippen molar-refractivity contribution in [1.29, 1.82) is 0 Å². The van der Waals surface area contributed by atoms with Gasteiger partial charge in [0, 0.05) is 17.1 Å². The summed E-state index contributed by atoms with van der Waals surface area (Å²) in [5.41, 5.74) is 1.30. The number of hydrogen-bond donors (Lipinski definition) is 2. The lowest BCUT2D eigenvalue weighted by Crippen LogP contribution is -2.29. The fraction of sp³-hybridized carbons (Fsp3) is 0.143. The van der Waals surface area contributed by atoms with Gasteiger partial charge in [0.2, 0.25) is 0 Å². The first-order valence-corrected chi connectivity index (χ1v) is 5.47. The lowest BCUT2D eigenvalue weighted by Gasteiger charge is -2.14. The minimum Gasteiger partial charge on any atom is -0.480 e. The molecule has 1 heterocycles. The molecule has 0 spiro atoms. The molecule has 1 unspecified atom stereocenters. The molecule has 0 radical (unpaired) electrons. The first-order chi connectivity index (χ1) is 8.74. The van der Waals surface area contributed by atoms with Gasteiger partial charge in [0.15, 0.2) is 0 Å². The lowest BCUT2D eigenvalue weighted by atomic mass is 10.0. The Hall–Kier alpha value is -2.38. The highest BCUT2D eigenvalue weighted by molar-refractivity contribution is 5.87. The summed E-state index contributed by atoms with van der Waals surface area (Å²) in [6, 6.07) is 8.32. The lowest BCUT2D eigenvalue weighted by molar-refractivity contribution is -0.139. The van der Waals surface area contributed by atoms with Gasteiger partial charge in [-0.05, 0) is 6.07 Å². The van der Waals surface area contributed by atoms with Crippen molar-refractivity contribution in [2.24, 2.45) is 0 Å². The molecule has 0 saturated heterocycles. The molecule has 0 aliphatic carbocycles. The summed E-state index contributed by atoms with van der Waals surface area (Å²) in [5, 5.41) is 13.0. The second-order valence-electron chi connectivity index (χ2n) is 3.78. The van der Waals surface area contributed by atoms with E-state index in [0.717, 1.165) is 5.39 Å². The van der Waals surface area contributed by atoms with Crippen molar-refractivity contribution >= 4 is 16.9 Å². The van der Waals surface area contributed by atoms with Crippen molar-refractivity contribution in [3.63, 3.8) is 0 Å². The van der Waals surface area contributed by atoms with E-state index in [-0.39, 0.29) is 6.54 Å². The summed E-state index contributed by atoms with van der Waals surface area (Å²) in [6.07, 6.45) is 6.79. The van der Waals surface area contributed by atoms with E-state index in [4.69, 9.17) is 6.42 Å². The van der Waals surface area contributed by atoms with Crippen LogP contribution in [-0.2, 0) is 4.79 Å². The van der Waals surface area contributed by atoms with Crippen LogP contribution in [-0.4, -0.2) is 22.6 Å². The highest BCUT2D eigenvalue weighted by atomic mass is 16.4. The van der Waals surface area contributed by atoms with Gasteiger partial charge in [-0.25, -0.2) is 0 Å². The maximum atomic E-state index is 11.3. The van der Waals surface area contributed by atoms with Crippen LogP contribution in [0.1, 0.15) is 11.6 Å². The Morgan fingerprint density at radius 3 is 2.94 bits per heavy atom. The molecule has 4 nitrogen and oxygen atoms in total. The molecule has 2 N–H and O–H groups in total. The van der Waals surface area contributed by atoms with E-state index in [9.17, 15) is 9.90 Å². The molecule has 0 amide bonds. The molecule has 0 aliphatic rings. The molecule has 0 saturated carbocycles. The molecule has 1 atom stereocenters. The van der Waals surface area contributed by atoms with Crippen LogP contribution in [0, 0.1) is 12.3 Å². The number of terminal acetylenes is 1. The Morgan fingerprint density at radius 1 is 1.44 bits per heavy atom. The molecule has 0 bridgehead atoms. The maximum Gasteiger partial charge on any atom is 0.325 e. The van der Waals surface area contributed by atoms with Crippen molar-refractivity contribution in [3.8, 4) is 12.3 Å². The molecule has 1 aromatic carbocycles. The topological polar surface area (TPSA) is 62.2 Å². The first kappa shape index (κ1) is 12.1. The highest BCUT2D eigenvalue weighted by Gasteiger charge is 2.21. The molecule has 90 valence electrons. The number of nitrogens with one attached hydrogen (secondary N) is 1. The zero-order chi connectivity index (χ0) is 13.0. The van der Waals surface area contributed by atoms with Crippen LogP contribution in [0.25, 0.3) is 10.9 Å². The van der Waals surface area contributed by atoms with Crippen LogP contribution in [0.5, 0.6) is 0 Å². The van der Waals surface area contributed by atoms with E-state index in [0.29, 0.717) is 11.1 Å². The number of aromatic nitrogens is 1. The van der Waals surface area contributed by atoms with Crippen LogP contribution in [0.4, 0.5) is 0 Å². The molecule has 4 heteroatoms. The second-order valence-corrected chi connectivity index (χ2v) is 3.78. The average molecular weight is 240 g/mol. The van der Waals surface area contributed by atoms with Crippen molar-refractivity contribution in [2.45, 2.75) is 6.04 Å². The minimum atomic E-state index is -0.969. The molecular formula is C14H12N2O2. The van der Waals surface area contributed by atoms with Crippen LogP contribution >= 0.6 is 0 Å². The van der Waals surface area contributed by atoms with Crippen molar-refractivity contribution in [3.05, 3.63) is 42.1 Å². The molecule has 2 rings (SSSR count). The first-order valence-electron chi connectivity index (χ1n) is 5.47. The summed E-state index contributed by atoms with van der Waals surface area (Å²) >= 11 is 0. The van der Waals surface area contributed by atoms with Gasteiger partial charge >= 0.3 is 5.97 Å². The standard InChI is InChI=1S/C14H12N2O2/c1-2-8-15-13(14(17)18)11-7-3-5-10-6-4-9-16-12(10)11/h1,3-7,9,13,15H,8H2,(H,17,18). The number of carbonyl (C=O) groups is 1. The van der Waals surface area contributed by atoms with Gasteiger partial charge in [-0.1, -0.05) is 30.2 Å². The van der Waals surface area contributed by atoms with E-state index >= 15 is 0 Å². The highest BCUT2D eigenvalue weighted by Crippen LogP contribution is 2.22. The van der Waals surface area contributed by atoms with Gasteiger partial charge in [0.05, 0.1) is 12.1 Å². The zero-order valence-electron chi connectivity index (χ0n) is 9.63. The van der Waals surface area contributed by atoms with Gasteiger partial charge in [-0.3, -0.25) is 15.1 Å². The number of carboxylic acid groups (broad SMARTS) is 1. The van der Waals surface area contributed by atoms with Crippen LogP contribution < -0.4 is 5.32 Å².